The average molecular weight is 246 g/mol. The van der Waals surface area contributed by atoms with Crippen LogP contribution < -0.4 is 0 Å². The number of hydrogen-bond donors (Lipinski definition) is 4. The van der Waals surface area contributed by atoms with Crippen LogP contribution in [0.2, 0.25) is 0 Å². The molecular weight excluding hydrogens is 224 g/mol. The number of ether oxygens (including phenoxy) is 1. The van der Waals surface area contributed by atoms with Crippen LogP contribution in [-0.2, 0) is 4.74 Å². The van der Waals surface area contributed by atoms with Gasteiger partial charge in [0.05, 0.1) is 13.2 Å². The molecule has 0 heterocycles. The monoisotopic (exact) mass is 246 g/mol. The van der Waals surface area contributed by atoms with Crippen LogP contribution >= 0.6 is 0 Å². The predicted octanol–water partition coefficient (Wildman–Crippen LogP) is 0.297. The summed E-state index contributed by atoms with van der Waals surface area (Å²) < 4.78 is 5.22. The van der Waals surface area contributed by atoms with Crippen LogP contribution in [0.25, 0.3) is 0 Å². The summed E-state index contributed by atoms with van der Waals surface area (Å²) in [7, 11) is 0. The summed E-state index contributed by atoms with van der Waals surface area (Å²) in [5.41, 5.74) is 0. The molecule has 0 aliphatic rings. The lowest BCUT2D eigenvalue weighted by atomic mass is 10.3. The maximum Gasteiger partial charge on any atom is 0.151 e. The van der Waals surface area contributed by atoms with Gasteiger partial charge in [0.1, 0.15) is 0 Å². The summed E-state index contributed by atoms with van der Waals surface area (Å²) in [5.74, 6) is 0. The van der Waals surface area contributed by atoms with Crippen molar-refractivity contribution in [3.8, 4) is 0 Å². The summed E-state index contributed by atoms with van der Waals surface area (Å²) in [4.78, 5) is 0. The average Bonchev–Trinajstić information content (AvgIpc) is 2.25. The van der Waals surface area contributed by atoms with Crippen LogP contribution in [0.5, 0.6) is 0 Å². The van der Waals surface area contributed by atoms with Gasteiger partial charge in [-0.1, -0.05) is 24.3 Å². The minimum atomic E-state index is -1.25. The minimum absolute atomic E-state index is 0.333. The highest BCUT2D eigenvalue weighted by atomic mass is 16.5. The van der Waals surface area contributed by atoms with Gasteiger partial charge in [0, 0.05) is 12.8 Å². The largest absolute Gasteiger partial charge is 0.373 e. The van der Waals surface area contributed by atoms with Crippen LogP contribution in [0, 0.1) is 0 Å². The van der Waals surface area contributed by atoms with E-state index in [4.69, 9.17) is 25.2 Å². The lowest BCUT2D eigenvalue weighted by molar-refractivity contribution is -0.0448. The fraction of sp³-hybridized carbons (Fsp3) is 0.667. The van der Waals surface area contributed by atoms with Crippen LogP contribution in [-0.4, -0.2) is 46.2 Å². The summed E-state index contributed by atoms with van der Waals surface area (Å²) in [5, 5.41) is 34.2. The van der Waals surface area contributed by atoms with Crippen LogP contribution in [0.1, 0.15) is 25.7 Å². The molecule has 0 bridgehead atoms. The Hall–Kier alpha value is -0.720. The van der Waals surface area contributed by atoms with Crippen molar-refractivity contribution in [1.82, 2.24) is 0 Å². The second-order valence-electron chi connectivity index (χ2n) is 3.60. The second-order valence-corrected chi connectivity index (χ2v) is 3.60. The van der Waals surface area contributed by atoms with Gasteiger partial charge in [0.15, 0.2) is 12.6 Å². The van der Waals surface area contributed by atoms with E-state index < -0.39 is 12.6 Å². The molecule has 0 aliphatic carbocycles. The Morgan fingerprint density at radius 3 is 1.47 bits per heavy atom. The Labute approximate surface area is 102 Å². The van der Waals surface area contributed by atoms with E-state index in [-0.39, 0.29) is 0 Å². The molecule has 0 aromatic heterocycles. The zero-order valence-corrected chi connectivity index (χ0v) is 9.90. The zero-order chi connectivity index (χ0) is 12.9. The minimum Gasteiger partial charge on any atom is -0.373 e. The first-order valence-corrected chi connectivity index (χ1v) is 5.73. The molecule has 0 atom stereocenters. The molecule has 0 unspecified atom stereocenters. The third-order valence-corrected chi connectivity index (χ3v) is 1.94. The summed E-state index contributed by atoms with van der Waals surface area (Å²) in [6, 6.07) is 0. The fourth-order valence-corrected chi connectivity index (χ4v) is 1.07. The molecule has 0 aliphatic heterocycles. The molecule has 100 valence electrons. The Bertz CT molecular complexity index is 189. The first-order valence-electron chi connectivity index (χ1n) is 5.73. The van der Waals surface area contributed by atoms with Crippen molar-refractivity contribution in [2.24, 2.45) is 0 Å². The van der Waals surface area contributed by atoms with Gasteiger partial charge in [0.2, 0.25) is 0 Å². The third-order valence-electron chi connectivity index (χ3n) is 1.94. The van der Waals surface area contributed by atoms with E-state index in [0.29, 0.717) is 38.9 Å². The second kappa shape index (κ2) is 11.8. The summed E-state index contributed by atoms with van der Waals surface area (Å²) in [6.45, 7) is 0.961. The van der Waals surface area contributed by atoms with Crippen LogP contribution in [0.15, 0.2) is 24.3 Å². The molecular formula is C12H22O5. The topological polar surface area (TPSA) is 90.2 Å². The van der Waals surface area contributed by atoms with Crippen molar-refractivity contribution >= 4 is 0 Å². The lowest BCUT2D eigenvalue weighted by Crippen LogP contribution is -2.02. The molecule has 5 heteroatoms. The molecule has 0 fully saturated rings. The summed E-state index contributed by atoms with van der Waals surface area (Å²) >= 11 is 0. The van der Waals surface area contributed by atoms with E-state index >= 15 is 0 Å². The summed E-state index contributed by atoms with van der Waals surface area (Å²) in [6.07, 6.45) is 6.74. The number of allylic oxidation sites excluding steroid dienone is 2. The van der Waals surface area contributed by atoms with Gasteiger partial charge in [-0.2, -0.15) is 0 Å². The molecule has 0 aromatic carbocycles. The van der Waals surface area contributed by atoms with Crippen molar-refractivity contribution in [2.75, 3.05) is 13.2 Å². The van der Waals surface area contributed by atoms with E-state index in [1.165, 1.54) is 0 Å². The smallest absolute Gasteiger partial charge is 0.151 e. The standard InChI is InChI=1S/C12H22O5/c13-11(14)7-3-1-5-9-17-10-6-2-4-8-12(15)16/h1-2,5-6,11-16H,3-4,7-10H2. The fourth-order valence-electron chi connectivity index (χ4n) is 1.07. The zero-order valence-electron chi connectivity index (χ0n) is 9.90. The van der Waals surface area contributed by atoms with E-state index in [1.54, 1.807) is 0 Å². The number of aliphatic hydroxyl groups is 4. The van der Waals surface area contributed by atoms with Gasteiger partial charge in [0.25, 0.3) is 0 Å². The Morgan fingerprint density at radius 2 is 1.12 bits per heavy atom. The SMILES string of the molecule is OC(O)CCC=CCOCC=CCCC(O)O. The number of rotatable bonds is 10. The molecule has 0 radical (unpaired) electrons. The Kier molecular flexibility index (Phi) is 11.3. The molecule has 0 rings (SSSR count). The van der Waals surface area contributed by atoms with Gasteiger partial charge in [-0.05, 0) is 12.8 Å². The van der Waals surface area contributed by atoms with Crippen molar-refractivity contribution in [1.29, 1.82) is 0 Å². The van der Waals surface area contributed by atoms with Gasteiger partial charge in [-0.15, -0.1) is 0 Å². The molecule has 0 saturated carbocycles. The van der Waals surface area contributed by atoms with E-state index in [0.717, 1.165) is 0 Å². The number of aliphatic hydroxyl groups excluding tert-OH is 2. The van der Waals surface area contributed by atoms with Gasteiger partial charge >= 0.3 is 0 Å². The van der Waals surface area contributed by atoms with Crippen LogP contribution in [0.3, 0.4) is 0 Å². The predicted molar refractivity (Wildman–Crippen MR) is 64.0 cm³/mol. The van der Waals surface area contributed by atoms with E-state index in [2.05, 4.69) is 0 Å². The molecule has 0 saturated heterocycles. The number of hydrogen-bond acceptors (Lipinski definition) is 5. The van der Waals surface area contributed by atoms with Crippen molar-refractivity contribution in [3.05, 3.63) is 24.3 Å². The molecule has 5 nitrogen and oxygen atoms in total. The molecule has 0 spiro atoms. The first kappa shape index (κ1) is 16.3. The van der Waals surface area contributed by atoms with E-state index in [1.807, 2.05) is 24.3 Å². The van der Waals surface area contributed by atoms with Crippen molar-refractivity contribution < 1.29 is 25.2 Å². The van der Waals surface area contributed by atoms with Gasteiger partial charge < -0.3 is 25.2 Å². The van der Waals surface area contributed by atoms with Gasteiger partial charge in [-0.3, -0.25) is 0 Å². The maximum absolute atomic E-state index is 8.56. The Balaban J connectivity index is 3.22. The van der Waals surface area contributed by atoms with Gasteiger partial charge in [-0.25, -0.2) is 0 Å². The first-order chi connectivity index (χ1) is 8.13. The molecule has 0 aromatic rings. The lowest BCUT2D eigenvalue weighted by Gasteiger charge is -1.99. The highest BCUT2D eigenvalue weighted by Gasteiger charge is 1.93. The molecule has 17 heavy (non-hydrogen) atoms. The third kappa shape index (κ3) is 15.3. The normalized spacial score (nSPS) is 12.6. The quantitative estimate of drug-likeness (QED) is 0.253. The van der Waals surface area contributed by atoms with Crippen LogP contribution in [0.4, 0.5) is 0 Å². The highest BCUT2D eigenvalue weighted by molar-refractivity contribution is 4.84. The Morgan fingerprint density at radius 1 is 0.706 bits per heavy atom. The van der Waals surface area contributed by atoms with E-state index in [9.17, 15) is 0 Å². The van der Waals surface area contributed by atoms with Crippen molar-refractivity contribution in [2.45, 2.75) is 38.3 Å². The van der Waals surface area contributed by atoms with Crippen molar-refractivity contribution in [3.63, 3.8) is 0 Å². The maximum atomic E-state index is 8.56. The molecule has 0 amide bonds. The molecule has 4 N–H and O–H groups in total. The highest BCUT2D eigenvalue weighted by Crippen LogP contribution is 1.96.